The van der Waals surface area contributed by atoms with E-state index < -0.39 is 0 Å². The van der Waals surface area contributed by atoms with Crippen molar-refractivity contribution in [1.82, 2.24) is 10.2 Å². The number of nitrogens with one attached hydrogen (secondary N) is 1. The molecule has 1 aliphatic heterocycles. The minimum absolute atomic E-state index is 0.351. The summed E-state index contributed by atoms with van der Waals surface area (Å²) in [5, 5.41) is 3.77. The number of likely N-dealkylation sites (tertiary alicyclic amines) is 1. The van der Waals surface area contributed by atoms with Crippen molar-refractivity contribution >= 4 is 0 Å². The van der Waals surface area contributed by atoms with Crippen LogP contribution in [-0.2, 0) is 0 Å². The molecule has 0 saturated carbocycles. The predicted molar refractivity (Wildman–Crippen MR) is 90.2 cm³/mol. The van der Waals surface area contributed by atoms with Crippen molar-refractivity contribution in [2.75, 3.05) is 26.2 Å². The van der Waals surface area contributed by atoms with Crippen LogP contribution >= 0.6 is 0 Å². The Kier molecular flexibility index (Phi) is 8.13. The summed E-state index contributed by atoms with van der Waals surface area (Å²) in [6.07, 6.45) is 8.28. The molecule has 2 atom stereocenters. The SMILES string of the molecule is CCCNC(CN1CCCC(CCC)CC1)C(C)(C)C. The van der Waals surface area contributed by atoms with Crippen LogP contribution in [0.15, 0.2) is 0 Å². The highest BCUT2D eigenvalue weighted by molar-refractivity contribution is 4.84. The Labute approximate surface area is 127 Å². The number of hydrogen-bond donors (Lipinski definition) is 1. The molecule has 1 N–H and O–H groups in total. The molecule has 20 heavy (non-hydrogen) atoms. The molecule has 1 rings (SSSR count). The molecule has 1 heterocycles. The van der Waals surface area contributed by atoms with E-state index in [2.05, 4.69) is 44.8 Å². The van der Waals surface area contributed by atoms with E-state index >= 15 is 0 Å². The summed E-state index contributed by atoms with van der Waals surface area (Å²) in [5.41, 5.74) is 0.351. The van der Waals surface area contributed by atoms with Gasteiger partial charge < -0.3 is 10.2 Å². The predicted octanol–water partition coefficient (Wildman–Crippen LogP) is 4.30. The fourth-order valence-electron chi connectivity index (χ4n) is 3.33. The Bertz CT molecular complexity index is 244. The van der Waals surface area contributed by atoms with Crippen molar-refractivity contribution in [2.45, 2.75) is 79.2 Å². The highest BCUT2D eigenvalue weighted by Gasteiger charge is 2.27. The van der Waals surface area contributed by atoms with Crippen LogP contribution in [0.5, 0.6) is 0 Å². The summed E-state index contributed by atoms with van der Waals surface area (Å²) in [4.78, 5) is 2.72. The molecule has 1 aliphatic rings. The summed E-state index contributed by atoms with van der Waals surface area (Å²) >= 11 is 0. The summed E-state index contributed by atoms with van der Waals surface area (Å²) in [6.45, 7) is 16.7. The van der Waals surface area contributed by atoms with Crippen molar-refractivity contribution in [2.24, 2.45) is 11.3 Å². The highest BCUT2D eigenvalue weighted by Crippen LogP contribution is 2.24. The minimum atomic E-state index is 0.351. The summed E-state index contributed by atoms with van der Waals surface area (Å²) in [5.74, 6) is 0.988. The van der Waals surface area contributed by atoms with Crippen LogP contribution in [0.4, 0.5) is 0 Å². The smallest absolute Gasteiger partial charge is 0.0243 e. The first kappa shape index (κ1) is 18.0. The van der Waals surface area contributed by atoms with Crippen molar-refractivity contribution in [1.29, 1.82) is 0 Å². The first-order valence-corrected chi connectivity index (χ1v) is 8.93. The van der Waals surface area contributed by atoms with Crippen LogP contribution in [0, 0.1) is 11.3 Å². The van der Waals surface area contributed by atoms with Gasteiger partial charge >= 0.3 is 0 Å². The lowest BCUT2D eigenvalue weighted by Gasteiger charge is -2.36. The van der Waals surface area contributed by atoms with E-state index in [1.54, 1.807) is 0 Å². The molecule has 0 bridgehead atoms. The van der Waals surface area contributed by atoms with Gasteiger partial charge in [0.2, 0.25) is 0 Å². The molecule has 0 spiro atoms. The third kappa shape index (κ3) is 6.58. The van der Waals surface area contributed by atoms with Gasteiger partial charge in [0.25, 0.3) is 0 Å². The summed E-state index contributed by atoms with van der Waals surface area (Å²) in [7, 11) is 0. The second-order valence-electron chi connectivity index (χ2n) is 7.76. The van der Waals surface area contributed by atoms with E-state index in [9.17, 15) is 0 Å². The van der Waals surface area contributed by atoms with Crippen LogP contribution in [0.25, 0.3) is 0 Å². The molecule has 0 aromatic heterocycles. The summed E-state index contributed by atoms with van der Waals surface area (Å²) < 4.78 is 0. The average Bonchev–Trinajstić information content (AvgIpc) is 2.59. The van der Waals surface area contributed by atoms with E-state index in [4.69, 9.17) is 0 Å². The van der Waals surface area contributed by atoms with Gasteiger partial charge in [-0.25, -0.2) is 0 Å². The van der Waals surface area contributed by atoms with Crippen molar-refractivity contribution < 1.29 is 0 Å². The van der Waals surface area contributed by atoms with Gasteiger partial charge in [-0.3, -0.25) is 0 Å². The normalized spacial score (nSPS) is 23.6. The number of hydrogen-bond acceptors (Lipinski definition) is 2. The van der Waals surface area contributed by atoms with Gasteiger partial charge in [-0.1, -0.05) is 47.5 Å². The van der Waals surface area contributed by atoms with Crippen LogP contribution in [0.1, 0.15) is 73.1 Å². The number of nitrogens with zero attached hydrogens (tertiary/aromatic N) is 1. The second-order valence-corrected chi connectivity index (χ2v) is 7.76. The Morgan fingerprint density at radius 2 is 1.85 bits per heavy atom. The van der Waals surface area contributed by atoms with Gasteiger partial charge in [0.15, 0.2) is 0 Å². The molecule has 2 heteroatoms. The molecule has 1 saturated heterocycles. The van der Waals surface area contributed by atoms with Crippen LogP contribution in [0.2, 0.25) is 0 Å². The molecule has 0 amide bonds. The van der Waals surface area contributed by atoms with Gasteiger partial charge in [-0.2, -0.15) is 0 Å². The molecular weight excluding hydrogens is 244 g/mol. The first-order chi connectivity index (χ1) is 9.47. The van der Waals surface area contributed by atoms with Gasteiger partial charge in [-0.15, -0.1) is 0 Å². The molecule has 1 fully saturated rings. The molecule has 0 aliphatic carbocycles. The molecule has 120 valence electrons. The maximum absolute atomic E-state index is 3.77. The van der Waals surface area contributed by atoms with Crippen molar-refractivity contribution in [3.8, 4) is 0 Å². The molecule has 2 unspecified atom stereocenters. The van der Waals surface area contributed by atoms with E-state index in [0.717, 1.165) is 12.5 Å². The molecule has 0 aromatic carbocycles. The second kappa shape index (κ2) is 9.04. The Balaban J connectivity index is 2.47. The van der Waals surface area contributed by atoms with E-state index in [-0.39, 0.29) is 0 Å². The zero-order valence-corrected chi connectivity index (χ0v) is 14.7. The lowest BCUT2D eigenvalue weighted by molar-refractivity contribution is 0.175. The Morgan fingerprint density at radius 3 is 2.45 bits per heavy atom. The van der Waals surface area contributed by atoms with Crippen molar-refractivity contribution in [3.63, 3.8) is 0 Å². The molecule has 2 nitrogen and oxygen atoms in total. The van der Waals surface area contributed by atoms with Gasteiger partial charge in [0, 0.05) is 12.6 Å². The number of rotatable bonds is 7. The quantitative estimate of drug-likeness (QED) is 0.749. The van der Waals surface area contributed by atoms with E-state index in [0.29, 0.717) is 11.5 Å². The zero-order valence-electron chi connectivity index (χ0n) is 14.7. The van der Waals surface area contributed by atoms with E-state index in [1.165, 1.54) is 58.2 Å². The van der Waals surface area contributed by atoms with Gasteiger partial charge in [0.1, 0.15) is 0 Å². The molecular formula is C18H38N2. The third-order valence-electron chi connectivity index (χ3n) is 4.76. The first-order valence-electron chi connectivity index (χ1n) is 8.93. The Hall–Kier alpha value is -0.0800. The fraction of sp³-hybridized carbons (Fsp3) is 1.00. The van der Waals surface area contributed by atoms with E-state index in [1.807, 2.05) is 0 Å². The highest BCUT2D eigenvalue weighted by atomic mass is 15.2. The van der Waals surface area contributed by atoms with Crippen LogP contribution < -0.4 is 5.32 Å². The maximum Gasteiger partial charge on any atom is 0.0243 e. The largest absolute Gasteiger partial charge is 0.312 e. The lowest BCUT2D eigenvalue weighted by Crippen LogP contribution is -2.49. The average molecular weight is 283 g/mol. The van der Waals surface area contributed by atoms with Crippen LogP contribution in [0.3, 0.4) is 0 Å². The standard InChI is InChI=1S/C18H38N2/c1-6-9-16-10-8-13-20(14-11-16)15-17(18(3,4)5)19-12-7-2/h16-17,19H,6-15H2,1-5H3. The third-order valence-corrected chi connectivity index (χ3v) is 4.76. The fourth-order valence-corrected chi connectivity index (χ4v) is 3.33. The topological polar surface area (TPSA) is 15.3 Å². The summed E-state index contributed by atoms with van der Waals surface area (Å²) in [6, 6.07) is 0.616. The van der Waals surface area contributed by atoms with Gasteiger partial charge in [-0.05, 0) is 56.7 Å². The molecule has 0 aromatic rings. The Morgan fingerprint density at radius 1 is 1.10 bits per heavy atom. The van der Waals surface area contributed by atoms with Crippen molar-refractivity contribution in [3.05, 3.63) is 0 Å². The molecule has 0 radical (unpaired) electrons. The lowest BCUT2D eigenvalue weighted by atomic mass is 9.86. The monoisotopic (exact) mass is 282 g/mol. The minimum Gasteiger partial charge on any atom is -0.312 e. The zero-order chi connectivity index (χ0) is 15.0. The van der Waals surface area contributed by atoms with Gasteiger partial charge in [0.05, 0.1) is 0 Å². The van der Waals surface area contributed by atoms with Crippen LogP contribution in [-0.4, -0.2) is 37.1 Å². The maximum atomic E-state index is 3.77.